The van der Waals surface area contributed by atoms with E-state index in [2.05, 4.69) is 32.6 Å². The van der Waals surface area contributed by atoms with E-state index < -0.39 is 17.7 Å². The molecule has 0 bridgehead atoms. The van der Waals surface area contributed by atoms with Crippen molar-refractivity contribution in [1.29, 1.82) is 0 Å². The monoisotopic (exact) mass is 490 g/mol. The van der Waals surface area contributed by atoms with Gasteiger partial charge in [-0.25, -0.2) is 0 Å². The lowest BCUT2D eigenvalue weighted by Crippen LogP contribution is -2.33. The predicted molar refractivity (Wildman–Crippen MR) is 142 cm³/mol. The van der Waals surface area contributed by atoms with Gasteiger partial charge in [-0.05, 0) is 73.8 Å². The molecule has 2 aliphatic heterocycles. The average molecular weight is 491 g/mol. The lowest BCUT2D eigenvalue weighted by atomic mass is 9.92. The molecule has 1 fully saturated rings. The summed E-state index contributed by atoms with van der Waals surface area (Å²) in [5.41, 5.74) is 3.72. The zero-order chi connectivity index (χ0) is 26.0. The average Bonchev–Trinajstić information content (AvgIpc) is 3.37. The molecule has 0 radical (unpaired) electrons. The van der Waals surface area contributed by atoms with Crippen LogP contribution in [0.3, 0.4) is 0 Å². The molecule has 4 rings (SSSR count). The van der Waals surface area contributed by atoms with Crippen LogP contribution in [-0.4, -0.2) is 58.9 Å². The zero-order valence-electron chi connectivity index (χ0n) is 22.1. The molecule has 2 aromatic rings. The third-order valence-corrected chi connectivity index (χ3v) is 7.40. The van der Waals surface area contributed by atoms with Crippen LogP contribution >= 0.6 is 0 Å². The molecule has 6 heteroatoms. The molecular formula is C30H38N2O4. The van der Waals surface area contributed by atoms with E-state index in [4.69, 9.17) is 4.74 Å². The zero-order valence-corrected chi connectivity index (χ0v) is 22.1. The lowest BCUT2D eigenvalue weighted by Gasteiger charge is -2.27. The highest BCUT2D eigenvalue weighted by atomic mass is 16.5. The molecule has 0 aromatic heterocycles. The summed E-state index contributed by atoms with van der Waals surface area (Å²) in [5.74, 6) is -0.127. The third-order valence-electron chi connectivity index (χ3n) is 7.40. The van der Waals surface area contributed by atoms with Gasteiger partial charge < -0.3 is 19.6 Å². The minimum atomic E-state index is -0.626. The molecule has 2 atom stereocenters. The first-order valence-corrected chi connectivity index (χ1v) is 13.2. The highest BCUT2D eigenvalue weighted by molar-refractivity contribution is 6.46. The standard InChI is InChI=1S/C30H38N2O4/c1-6-31(7-2)15-8-16-32-27(22-11-9-21(10-12-22)19(3)4)26(29(34)30(32)35)28(33)23-13-14-25-24(18-23)17-20(5)36-25/h9-14,18-20,27,33H,6-8,15-17H2,1-5H3/t20-,27-/m1/s1. The first-order valence-electron chi connectivity index (χ1n) is 13.2. The van der Waals surface area contributed by atoms with E-state index in [-0.39, 0.29) is 17.4 Å². The first kappa shape index (κ1) is 26.0. The smallest absolute Gasteiger partial charge is 0.295 e. The number of carbonyl (C=O) groups is 2. The van der Waals surface area contributed by atoms with Crippen LogP contribution in [0.25, 0.3) is 5.76 Å². The van der Waals surface area contributed by atoms with Gasteiger partial charge in [-0.1, -0.05) is 52.0 Å². The summed E-state index contributed by atoms with van der Waals surface area (Å²) in [4.78, 5) is 30.5. The molecule has 0 spiro atoms. The lowest BCUT2D eigenvalue weighted by molar-refractivity contribution is -0.140. The molecule has 192 valence electrons. The van der Waals surface area contributed by atoms with Gasteiger partial charge in [0.25, 0.3) is 11.7 Å². The number of nitrogens with zero attached hydrogens (tertiary/aromatic N) is 2. The summed E-state index contributed by atoms with van der Waals surface area (Å²) < 4.78 is 5.79. The van der Waals surface area contributed by atoms with Gasteiger partial charge in [0, 0.05) is 18.5 Å². The van der Waals surface area contributed by atoms with Crippen LogP contribution in [-0.2, 0) is 16.0 Å². The summed E-state index contributed by atoms with van der Waals surface area (Å²) in [6.45, 7) is 13.7. The van der Waals surface area contributed by atoms with Crippen molar-refractivity contribution in [3.05, 3.63) is 70.3 Å². The van der Waals surface area contributed by atoms with Crippen molar-refractivity contribution < 1.29 is 19.4 Å². The highest BCUT2D eigenvalue weighted by Gasteiger charge is 2.45. The van der Waals surface area contributed by atoms with Crippen LogP contribution in [0.1, 0.15) is 75.3 Å². The van der Waals surface area contributed by atoms with Crippen molar-refractivity contribution >= 4 is 17.4 Å². The fraction of sp³-hybridized carbons (Fsp3) is 0.467. The Morgan fingerprint density at radius 3 is 2.44 bits per heavy atom. The SMILES string of the molecule is CCN(CC)CCCN1C(=O)C(=O)C(=C(O)c2ccc3c(c2)C[C@@H](C)O3)[C@H]1c1ccc(C(C)C)cc1. The van der Waals surface area contributed by atoms with E-state index in [1.165, 1.54) is 5.56 Å². The Morgan fingerprint density at radius 1 is 1.11 bits per heavy atom. The van der Waals surface area contributed by atoms with Gasteiger partial charge >= 0.3 is 0 Å². The Hall–Kier alpha value is -3.12. The Bertz CT molecular complexity index is 1150. The Kier molecular flexibility index (Phi) is 7.84. The van der Waals surface area contributed by atoms with Crippen molar-refractivity contribution in [1.82, 2.24) is 9.80 Å². The first-order chi connectivity index (χ1) is 17.2. The summed E-state index contributed by atoms with van der Waals surface area (Å²) in [6, 6.07) is 12.9. The fourth-order valence-electron chi connectivity index (χ4n) is 5.25. The summed E-state index contributed by atoms with van der Waals surface area (Å²) in [6.07, 6.45) is 1.58. The number of amides is 1. The number of likely N-dealkylation sites (tertiary alicyclic amines) is 1. The van der Waals surface area contributed by atoms with E-state index in [9.17, 15) is 14.7 Å². The molecule has 1 N–H and O–H groups in total. The maximum atomic E-state index is 13.3. The summed E-state index contributed by atoms with van der Waals surface area (Å²) in [7, 11) is 0. The Labute approximate surface area is 214 Å². The molecule has 0 unspecified atom stereocenters. The van der Waals surface area contributed by atoms with Crippen molar-refractivity contribution in [2.75, 3.05) is 26.2 Å². The van der Waals surface area contributed by atoms with Crippen LogP contribution in [0.15, 0.2) is 48.0 Å². The third kappa shape index (κ3) is 5.05. The number of aliphatic hydroxyl groups is 1. The highest BCUT2D eigenvalue weighted by Crippen LogP contribution is 2.41. The maximum absolute atomic E-state index is 13.3. The second-order valence-corrected chi connectivity index (χ2v) is 10.1. The van der Waals surface area contributed by atoms with Gasteiger partial charge in [0.1, 0.15) is 17.6 Å². The molecule has 1 amide bonds. The van der Waals surface area contributed by atoms with E-state index >= 15 is 0 Å². The van der Waals surface area contributed by atoms with Crippen LogP contribution in [0.2, 0.25) is 0 Å². The second kappa shape index (κ2) is 10.9. The quantitative estimate of drug-likeness (QED) is 0.294. The molecule has 0 saturated carbocycles. The summed E-state index contributed by atoms with van der Waals surface area (Å²) >= 11 is 0. The molecule has 2 heterocycles. The maximum Gasteiger partial charge on any atom is 0.295 e. The minimum absolute atomic E-state index is 0.0771. The van der Waals surface area contributed by atoms with E-state index in [0.717, 1.165) is 49.4 Å². The molecule has 2 aliphatic rings. The predicted octanol–water partition coefficient (Wildman–Crippen LogP) is 5.29. The van der Waals surface area contributed by atoms with Gasteiger partial charge in [-0.3, -0.25) is 9.59 Å². The minimum Gasteiger partial charge on any atom is -0.507 e. The van der Waals surface area contributed by atoms with E-state index in [1.54, 1.807) is 11.0 Å². The number of fused-ring (bicyclic) bond motifs is 1. The number of benzene rings is 2. The number of hydrogen-bond acceptors (Lipinski definition) is 5. The van der Waals surface area contributed by atoms with Crippen LogP contribution in [0.4, 0.5) is 0 Å². The molecular weight excluding hydrogens is 452 g/mol. The summed E-state index contributed by atoms with van der Waals surface area (Å²) in [5, 5.41) is 11.4. The van der Waals surface area contributed by atoms with Gasteiger partial charge in [0.05, 0.1) is 11.6 Å². The second-order valence-electron chi connectivity index (χ2n) is 10.1. The van der Waals surface area contributed by atoms with Gasteiger partial charge in [0.15, 0.2) is 0 Å². The van der Waals surface area contributed by atoms with E-state index in [0.29, 0.717) is 18.0 Å². The Balaban J connectivity index is 1.73. The largest absolute Gasteiger partial charge is 0.507 e. The van der Waals surface area contributed by atoms with Crippen molar-refractivity contribution in [3.8, 4) is 5.75 Å². The van der Waals surface area contributed by atoms with Gasteiger partial charge in [0.2, 0.25) is 0 Å². The molecule has 6 nitrogen and oxygen atoms in total. The molecule has 1 saturated heterocycles. The number of hydrogen-bond donors (Lipinski definition) is 1. The van der Waals surface area contributed by atoms with Crippen LogP contribution in [0.5, 0.6) is 5.75 Å². The molecule has 2 aromatic carbocycles. The number of aliphatic hydroxyl groups excluding tert-OH is 1. The normalized spacial score (nSPS) is 20.9. The van der Waals surface area contributed by atoms with E-state index in [1.807, 2.05) is 43.3 Å². The van der Waals surface area contributed by atoms with Crippen molar-refractivity contribution in [3.63, 3.8) is 0 Å². The number of Topliss-reactive ketones (excluding diaryl/α,β-unsaturated/α-hetero) is 1. The Morgan fingerprint density at radius 2 is 1.81 bits per heavy atom. The van der Waals surface area contributed by atoms with Crippen molar-refractivity contribution in [2.45, 2.75) is 65.5 Å². The van der Waals surface area contributed by atoms with Crippen LogP contribution in [0, 0.1) is 0 Å². The fourth-order valence-corrected chi connectivity index (χ4v) is 5.25. The van der Waals surface area contributed by atoms with Gasteiger partial charge in [-0.15, -0.1) is 0 Å². The molecule has 36 heavy (non-hydrogen) atoms. The topological polar surface area (TPSA) is 70.1 Å². The van der Waals surface area contributed by atoms with Crippen molar-refractivity contribution in [2.24, 2.45) is 0 Å². The van der Waals surface area contributed by atoms with Crippen LogP contribution < -0.4 is 4.74 Å². The molecule has 0 aliphatic carbocycles. The number of carbonyl (C=O) groups excluding carboxylic acids is 2. The number of ketones is 1. The van der Waals surface area contributed by atoms with Gasteiger partial charge in [-0.2, -0.15) is 0 Å². The number of rotatable bonds is 9. The number of ether oxygens (including phenoxy) is 1.